The number of pyridine rings is 1. The van der Waals surface area contributed by atoms with Crippen molar-refractivity contribution in [2.75, 3.05) is 0 Å². The third-order valence-electron chi connectivity index (χ3n) is 2.62. The van der Waals surface area contributed by atoms with Crippen molar-refractivity contribution in [2.45, 2.75) is 0 Å². The normalized spacial score (nSPS) is 10.7. The van der Waals surface area contributed by atoms with Crippen molar-refractivity contribution < 1.29 is 26.7 Å². The minimum absolute atomic E-state index is 0.0847. The van der Waals surface area contributed by atoms with E-state index in [9.17, 15) is 17.6 Å². The molecule has 0 aliphatic carbocycles. The lowest BCUT2D eigenvalue weighted by Gasteiger charge is -2.09. The predicted molar refractivity (Wildman–Crippen MR) is 63.9 cm³/mol. The molecule has 2 heterocycles. The van der Waals surface area contributed by atoms with Crippen LogP contribution in [-0.2, 0) is 0 Å². The number of rotatable bonds is 3. The van der Waals surface area contributed by atoms with Gasteiger partial charge in [-0.2, -0.15) is 22.5 Å². The van der Waals surface area contributed by atoms with Gasteiger partial charge in [0.2, 0.25) is 29.7 Å². The maximum atomic E-state index is 13.5. The Labute approximate surface area is 120 Å². The molecule has 3 aromatic rings. The molecule has 3 rings (SSSR count). The largest absolute Gasteiger partial charge is 0.451 e. The second kappa shape index (κ2) is 5.43. The summed E-state index contributed by atoms with van der Waals surface area (Å²) in [6, 6.07) is 5.68. The van der Waals surface area contributed by atoms with E-state index < -0.39 is 29.3 Å². The van der Waals surface area contributed by atoms with Gasteiger partial charge in [0, 0.05) is 5.56 Å². The molecule has 9 heteroatoms. The zero-order valence-electron chi connectivity index (χ0n) is 10.6. The highest BCUT2D eigenvalue weighted by Crippen LogP contribution is 2.31. The number of hydrogen-bond donors (Lipinski definition) is 0. The van der Waals surface area contributed by atoms with E-state index in [2.05, 4.69) is 15.2 Å². The Morgan fingerprint density at radius 1 is 1.00 bits per heavy atom. The van der Waals surface area contributed by atoms with Crippen molar-refractivity contribution in [1.29, 1.82) is 0 Å². The van der Waals surface area contributed by atoms with Gasteiger partial charge in [-0.3, -0.25) is 0 Å². The van der Waals surface area contributed by atoms with Gasteiger partial charge in [0.25, 0.3) is 11.9 Å². The van der Waals surface area contributed by atoms with Crippen LogP contribution in [0, 0.1) is 23.5 Å². The zero-order valence-corrected chi connectivity index (χ0v) is 10.6. The molecule has 0 aliphatic heterocycles. The summed E-state index contributed by atoms with van der Waals surface area (Å²) in [5, 5.41) is 7.13. The van der Waals surface area contributed by atoms with E-state index >= 15 is 0 Å². The van der Waals surface area contributed by atoms with Gasteiger partial charge in [0.05, 0.1) is 0 Å². The first kappa shape index (κ1) is 14.0. The van der Waals surface area contributed by atoms with Crippen LogP contribution in [0.4, 0.5) is 17.6 Å². The SMILES string of the molecule is Fc1nc(F)c(F)c(Oc2cccc(-c3nnco3)c2)c1F. The summed E-state index contributed by atoms with van der Waals surface area (Å²) in [4.78, 5) is 2.44. The molecule has 112 valence electrons. The van der Waals surface area contributed by atoms with E-state index in [1.165, 1.54) is 18.2 Å². The fourth-order valence-corrected chi connectivity index (χ4v) is 1.67. The van der Waals surface area contributed by atoms with Crippen LogP contribution in [0.5, 0.6) is 11.5 Å². The maximum absolute atomic E-state index is 13.5. The van der Waals surface area contributed by atoms with Crippen LogP contribution in [0.3, 0.4) is 0 Å². The summed E-state index contributed by atoms with van der Waals surface area (Å²) < 4.78 is 62.9. The van der Waals surface area contributed by atoms with Gasteiger partial charge in [-0.1, -0.05) is 6.07 Å². The number of nitrogens with zero attached hydrogens (tertiary/aromatic N) is 3. The van der Waals surface area contributed by atoms with E-state index in [0.717, 1.165) is 6.39 Å². The molecular formula is C13H5F4N3O2. The molecule has 5 nitrogen and oxygen atoms in total. The van der Waals surface area contributed by atoms with Gasteiger partial charge in [-0.05, 0) is 18.2 Å². The second-order valence-electron chi connectivity index (χ2n) is 4.02. The topological polar surface area (TPSA) is 61.0 Å². The molecule has 0 radical (unpaired) electrons. The Morgan fingerprint density at radius 3 is 2.36 bits per heavy atom. The Kier molecular flexibility index (Phi) is 3.45. The molecule has 0 aliphatic rings. The summed E-state index contributed by atoms with van der Waals surface area (Å²) in [5.41, 5.74) is 0.394. The van der Waals surface area contributed by atoms with Crippen LogP contribution in [0.1, 0.15) is 0 Å². The zero-order chi connectivity index (χ0) is 15.7. The summed E-state index contributed by atoms with van der Waals surface area (Å²) in [7, 11) is 0. The lowest BCUT2D eigenvalue weighted by Crippen LogP contribution is -2.03. The van der Waals surface area contributed by atoms with Crippen LogP contribution in [0.2, 0.25) is 0 Å². The summed E-state index contributed by atoms with van der Waals surface area (Å²) >= 11 is 0. The predicted octanol–water partition coefficient (Wildman–Crippen LogP) is 3.48. The average Bonchev–Trinajstić information content (AvgIpc) is 3.04. The average molecular weight is 311 g/mol. The highest BCUT2D eigenvalue weighted by molar-refractivity contribution is 5.55. The van der Waals surface area contributed by atoms with Crippen LogP contribution in [0.25, 0.3) is 11.5 Å². The van der Waals surface area contributed by atoms with Crippen LogP contribution < -0.4 is 4.74 Å². The number of benzene rings is 1. The molecule has 0 unspecified atom stereocenters. The van der Waals surface area contributed by atoms with Gasteiger partial charge in [-0.15, -0.1) is 10.2 Å². The van der Waals surface area contributed by atoms with Crippen molar-refractivity contribution in [1.82, 2.24) is 15.2 Å². The standard InChI is InChI=1S/C13H5F4N3O2/c14-8-10(9(15)12(17)19-11(8)16)22-7-3-1-2-6(4-7)13-20-18-5-21-13/h1-5H. The minimum Gasteiger partial charge on any atom is -0.451 e. The molecular weight excluding hydrogens is 306 g/mol. The Morgan fingerprint density at radius 2 is 1.73 bits per heavy atom. The third-order valence-corrected chi connectivity index (χ3v) is 2.62. The fourth-order valence-electron chi connectivity index (χ4n) is 1.67. The van der Waals surface area contributed by atoms with Crippen LogP contribution in [0.15, 0.2) is 35.1 Å². The molecule has 0 spiro atoms. The second-order valence-corrected chi connectivity index (χ2v) is 4.02. The monoisotopic (exact) mass is 311 g/mol. The molecule has 0 bridgehead atoms. The Bertz CT molecular complexity index is 798. The number of hydrogen-bond acceptors (Lipinski definition) is 5. The first-order chi connectivity index (χ1) is 10.6. The van der Waals surface area contributed by atoms with E-state index in [1.54, 1.807) is 6.07 Å². The summed E-state index contributed by atoms with van der Waals surface area (Å²) in [6.45, 7) is 0. The summed E-state index contributed by atoms with van der Waals surface area (Å²) in [6.07, 6.45) is 1.09. The first-order valence-electron chi connectivity index (χ1n) is 5.80. The van der Waals surface area contributed by atoms with Crippen LogP contribution >= 0.6 is 0 Å². The van der Waals surface area contributed by atoms with Gasteiger partial charge in [0.1, 0.15) is 5.75 Å². The highest BCUT2D eigenvalue weighted by Gasteiger charge is 2.23. The molecule has 2 aromatic heterocycles. The van der Waals surface area contributed by atoms with E-state index in [4.69, 9.17) is 9.15 Å². The van der Waals surface area contributed by atoms with Gasteiger partial charge in [-0.25, -0.2) is 0 Å². The van der Waals surface area contributed by atoms with E-state index in [-0.39, 0.29) is 11.6 Å². The molecule has 0 amide bonds. The molecule has 0 atom stereocenters. The molecule has 0 N–H and O–H groups in total. The molecule has 0 fully saturated rings. The van der Waals surface area contributed by atoms with Crippen molar-refractivity contribution >= 4 is 0 Å². The van der Waals surface area contributed by atoms with Crippen LogP contribution in [-0.4, -0.2) is 15.2 Å². The fraction of sp³-hybridized carbons (Fsp3) is 0. The van der Waals surface area contributed by atoms with E-state index in [0.29, 0.717) is 5.56 Å². The lowest BCUT2D eigenvalue weighted by molar-refractivity contribution is 0.343. The van der Waals surface area contributed by atoms with Gasteiger partial charge in [0.15, 0.2) is 0 Å². The van der Waals surface area contributed by atoms with Crippen molar-refractivity contribution in [3.63, 3.8) is 0 Å². The Balaban J connectivity index is 1.99. The van der Waals surface area contributed by atoms with Gasteiger partial charge >= 0.3 is 0 Å². The number of aromatic nitrogens is 3. The highest BCUT2D eigenvalue weighted by atomic mass is 19.2. The molecule has 0 saturated heterocycles. The Hall–Kier alpha value is -2.97. The van der Waals surface area contributed by atoms with Gasteiger partial charge < -0.3 is 9.15 Å². The minimum atomic E-state index is -1.80. The molecule has 22 heavy (non-hydrogen) atoms. The number of halogens is 4. The smallest absolute Gasteiger partial charge is 0.255 e. The molecule has 0 saturated carbocycles. The van der Waals surface area contributed by atoms with Crippen molar-refractivity contribution in [3.8, 4) is 23.0 Å². The first-order valence-corrected chi connectivity index (χ1v) is 5.80. The van der Waals surface area contributed by atoms with Crippen molar-refractivity contribution in [3.05, 3.63) is 54.2 Å². The maximum Gasteiger partial charge on any atom is 0.255 e. The van der Waals surface area contributed by atoms with E-state index in [1.807, 2.05) is 0 Å². The number of ether oxygens (including phenoxy) is 1. The lowest BCUT2D eigenvalue weighted by atomic mass is 10.2. The quantitative estimate of drug-likeness (QED) is 0.547. The summed E-state index contributed by atoms with van der Waals surface area (Å²) in [5.74, 6) is -8.25. The third kappa shape index (κ3) is 2.48. The molecule has 1 aromatic carbocycles. The van der Waals surface area contributed by atoms with Crippen molar-refractivity contribution in [2.24, 2.45) is 0 Å².